The minimum Gasteiger partial charge on any atom is -0.328 e. The summed E-state index contributed by atoms with van der Waals surface area (Å²) in [6, 6.07) is 3.10. The van der Waals surface area contributed by atoms with Crippen molar-refractivity contribution in [2.75, 3.05) is 0 Å². The Hall–Kier alpha value is -3.56. The third kappa shape index (κ3) is 3.04. The van der Waals surface area contributed by atoms with E-state index in [0.29, 0.717) is 22.4 Å². The van der Waals surface area contributed by atoms with Gasteiger partial charge < -0.3 is 4.57 Å². The molecule has 0 saturated heterocycles. The van der Waals surface area contributed by atoms with E-state index in [1.165, 1.54) is 23.3 Å². The number of carbonyl (C=O) groups is 1. The predicted molar refractivity (Wildman–Crippen MR) is 95.0 cm³/mol. The molecule has 3 rings (SSSR count). The molecule has 10 nitrogen and oxygen atoms in total. The molecular weight excluding hydrogens is 338 g/mol. The fourth-order valence-electron chi connectivity index (χ4n) is 2.51. The van der Waals surface area contributed by atoms with Gasteiger partial charge in [-0.15, -0.1) is 0 Å². The Morgan fingerprint density at radius 3 is 2.62 bits per heavy atom. The highest BCUT2D eigenvalue weighted by molar-refractivity contribution is 5.95. The van der Waals surface area contributed by atoms with Crippen LogP contribution < -0.4 is 16.7 Å². The maximum Gasteiger partial charge on any atom is 0.332 e. The standard InChI is InChI=1S/C16H17N7O3/c1-10(19-20-14(24)11-4-6-17-7-5-11)8-23-15(25)12-13(18-9-21(12)2)22(3)16(23)26/h4-7,9H,8H2,1-3H3,(H,20,24)/b19-10+. The van der Waals surface area contributed by atoms with E-state index < -0.39 is 17.2 Å². The molecule has 0 aliphatic carbocycles. The monoisotopic (exact) mass is 355 g/mol. The Labute approximate surface area is 147 Å². The van der Waals surface area contributed by atoms with Gasteiger partial charge in [0.05, 0.1) is 18.6 Å². The number of pyridine rings is 1. The minimum absolute atomic E-state index is 0.0523. The van der Waals surface area contributed by atoms with Crippen molar-refractivity contribution >= 4 is 22.8 Å². The van der Waals surface area contributed by atoms with Crippen LogP contribution in [0.1, 0.15) is 17.3 Å². The third-order valence-electron chi connectivity index (χ3n) is 3.88. The van der Waals surface area contributed by atoms with Crippen molar-refractivity contribution in [1.29, 1.82) is 0 Å². The second kappa shape index (κ2) is 6.75. The van der Waals surface area contributed by atoms with Gasteiger partial charge in [-0.1, -0.05) is 0 Å². The Morgan fingerprint density at radius 2 is 1.92 bits per heavy atom. The van der Waals surface area contributed by atoms with Crippen molar-refractivity contribution in [1.82, 2.24) is 29.1 Å². The average Bonchev–Trinajstić information content (AvgIpc) is 3.04. The molecule has 3 aromatic rings. The van der Waals surface area contributed by atoms with Gasteiger partial charge in [0.15, 0.2) is 11.2 Å². The lowest BCUT2D eigenvalue weighted by Gasteiger charge is -2.08. The molecule has 134 valence electrons. The van der Waals surface area contributed by atoms with Crippen LogP contribution in [0.5, 0.6) is 0 Å². The molecular formula is C16H17N7O3. The summed E-state index contributed by atoms with van der Waals surface area (Å²) in [5.41, 5.74) is 2.87. The molecule has 0 atom stereocenters. The summed E-state index contributed by atoms with van der Waals surface area (Å²) >= 11 is 0. The first-order valence-corrected chi connectivity index (χ1v) is 7.74. The van der Waals surface area contributed by atoms with Crippen LogP contribution in [0.4, 0.5) is 0 Å². The number of hydrogen-bond acceptors (Lipinski definition) is 6. The summed E-state index contributed by atoms with van der Waals surface area (Å²) in [5, 5.41) is 3.96. The molecule has 0 spiro atoms. The molecule has 3 aromatic heterocycles. The Morgan fingerprint density at radius 1 is 1.23 bits per heavy atom. The van der Waals surface area contributed by atoms with Crippen LogP contribution in [-0.4, -0.2) is 35.3 Å². The molecule has 26 heavy (non-hydrogen) atoms. The quantitative estimate of drug-likeness (QED) is 0.506. The van der Waals surface area contributed by atoms with Crippen LogP contribution in [0.2, 0.25) is 0 Å². The number of aromatic nitrogens is 5. The largest absolute Gasteiger partial charge is 0.332 e. The second-order valence-corrected chi connectivity index (χ2v) is 5.78. The number of rotatable bonds is 4. The van der Waals surface area contributed by atoms with E-state index in [0.717, 1.165) is 4.57 Å². The first-order valence-electron chi connectivity index (χ1n) is 7.74. The van der Waals surface area contributed by atoms with E-state index in [9.17, 15) is 14.4 Å². The van der Waals surface area contributed by atoms with Gasteiger partial charge >= 0.3 is 5.69 Å². The maximum atomic E-state index is 12.6. The first kappa shape index (κ1) is 17.3. The number of fused-ring (bicyclic) bond motifs is 1. The van der Waals surface area contributed by atoms with Crippen LogP contribution in [0, 0.1) is 0 Å². The second-order valence-electron chi connectivity index (χ2n) is 5.78. The number of nitrogens with zero attached hydrogens (tertiary/aromatic N) is 6. The summed E-state index contributed by atoms with van der Waals surface area (Å²) in [7, 11) is 3.23. The topological polar surface area (TPSA) is 116 Å². The van der Waals surface area contributed by atoms with E-state index in [2.05, 4.69) is 20.5 Å². The molecule has 1 amide bonds. The number of nitrogens with one attached hydrogen (secondary N) is 1. The van der Waals surface area contributed by atoms with Gasteiger partial charge in [0, 0.05) is 32.1 Å². The van der Waals surface area contributed by atoms with Crippen LogP contribution in [0.3, 0.4) is 0 Å². The Kier molecular flexibility index (Phi) is 4.48. The van der Waals surface area contributed by atoms with Crippen LogP contribution in [0.15, 0.2) is 45.5 Å². The van der Waals surface area contributed by atoms with Gasteiger partial charge in [-0.3, -0.25) is 23.7 Å². The van der Waals surface area contributed by atoms with Crippen molar-refractivity contribution in [3.8, 4) is 0 Å². The SMILES string of the molecule is C/C(Cn1c(=O)c2c(ncn2C)n(C)c1=O)=N\NC(=O)c1ccncc1. The molecule has 10 heteroatoms. The van der Waals surface area contributed by atoms with Crippen LogP contribution in [-0.2, 0) is 20.6 Å². The molecule has 0 saturated carbocycles. The average molecular weight is 355 g/mol. The number of amides is 1. The molecule has 0 bridgehead atoms. The number of hydrogen-bond donors (Lipinski definition) is 1. The maximum absolute atomic E-state index is 12.6. The zero-order valence-corrected chi connectivity index (χ0v) is 14.5. The van der Waals surface area contributed by atoms with Crippen molar-refractivity contribution < 1.29 is 4.79 Å². The van der Waals surface area contributed by atoms with E-state index in [1.54, 1.807) is 37.7 Å². The Balaban J connectivity index is 1.89. The van der Waals surface area contributed by atoms with E-state index in [-0.39, 0.29) is 6.54 Å². The number of aryl methyl sites for hydroxylation is 2. The summed E-state index contributed by atoms with van der Waals surface area (Å²) in [6.07, 6.45) is 4.47. The molecule has 3 heterocycles. The lowest BCUT2D eigenvalue weighted by atomic mass is 10.3. The van der Waals surface area contributed by atoms with Gasteiger partial charge in [-0.05, 0) is 19.1 Å². The zero-order valence-electron chi connectivity index (χ0n) is 14.5. The lowest BCUT2D eigenvalue weighted by molar-refractivity contribution is 0.0954. The first-order chi connectivity index (χ1) is 12.4. The number of imidazole rings is 1. The van der Waals surface area contributed by atoms with Gasteiger partial charge in [0.25, 0.3) is 11.5 Å². The molecule has 0 aliphatic heterocycles. The van der Waals surface area contributed by atoms with E-state index in [4.69, 9.17) is 0 Å². The Bertz CT molecular complexity index is 1120. The molecule has 0 aromatic carbocycles. The predicted octanol–water partition coefficient (Wildman–Crippen LogP) is -0.365. The highest BCUT2D eigenvalue weighted by atomic mass is 16.2. The summed E-state index contributed by atoms with van der Waals surface area (Å²) < 4.78 is 3.92. The summed E-state index contributed by atoms with van der Waals surface area (Å²) in [4.78, 5) is 44.9. The minimum atomic E-state index is -0.504. The highest BCUT2D eigenvalue weighted by Gasteiger charge is 2.15. The number of carbonyl (C=O) groups excluding carboxylic acids is 1. The van der Waals surface area contributed by atoms with Gasteiger partial charge in [-0.25, -0.2) is 15.2 Å². The third-order valence-corrected chi connectivity index (χ3v) is 3.88. The normalized spacial score (nSPS) is 11.7. The molecule has 0 radical (unpaired) electrons. The lowest BCUT2D eigenvalue weighted by Crippen LogP contribution is -2.41. The van der Waals surface area contributed by atoms with Crippen molar-refractivity contribution in [2.45, 2.75) is 13.5 Å². The van der Waals surface area contributed by atoms with Crippen LogP contribution in [0.25, 0.3) is 11.2 Å². The fourth-order valence-corrected chi connectivity index (χ4v) is 2.51. The fraction of sp³-hybridized carbons (Fsp3) is 0.250. The van der Waals surface area contributed by atoms with E-state index in [1.807, 2.05) is 0 Å². The number of hydrazone groups is 1. The molecule has 0 fully saturated rings. The van der Waals surface area contributed by atoms with Crippen molar-refractivity contribution in [3.63, 3.8) is 0 Å². The van der Waals surface area contributed by atoms with Gasteiger partial charge in [0.2, 0.25) is 0 Å². The molecule has 0 aliphatic rings. The van der Waals surface area contributed by atoms with Crippen molar-refractivity contribution in [2.24, 2.45) is 19.2 Å². The van der Waals surface area contributed by atoms with Gasteiger partial charge in [-0.2, -0.15) is 5.10 Å². The highest BCUT2D eigenvalue weighted by Crippen LogP contribution is 2.03. The summed E-state index contributed by atoms with van der Waals surface area (Å²) in [5.74, 6) is -0.408. The molecule has 1 N–H and O–H groups in total. The van der Waals surface area contributed by atoms with E-state index >= 15 is 0 Å². The van der Waals surface area contributed by atoms with Crippen molar-refractivity contribution in [3.05, 3.63) is 57.3 Å². The van der Waals surface area contributed by atoms with Crippen LogP contribution >= 0.6 is 0 Å². The summed E-state index contributed by atoms with van der Waals surface area (Å²) in [6.45, 7) is 1.56. The zero-order chi connectivity index (χ0) is 18.8. The van der Waals surface area contributed by atoms with Gasteiger partial charge in [0.1, 0.15) is 0 Å². The molecule has 0 unspecified atom stereocenters. The smallest absolute Gasteiger partial charge is 0.328 e.